The molecule has 1 atom stereocenters. The maximum atomic E-state index is 12.3. The highest BCUT2D eigenvalue weighted by Gasteiger charge is 2.26. The number of alkyl halides is 1. The van der Waals surface area contributed by atoms with E-state index in [1.54, 1.807) is 23.1 Å². The van der Waals surface area contributed by atoms with E-state index in [2.05, 4.69) is 31.5 Å². The summed E-state index contributed by atoms with van der Waals surface area (Å²) in [6, 6.07) is 8.44. The molecule has 0 fully saturated rings. The molecule has 6 heteroatoms. The molecule has 4 rings (SSSR count). The van der Waals surface area contributed by atoms with Gasteiger partial charge < -0.3 is 4.57 Å². The molecule has 3 heterocycles. The van der Waals surface area contributed by atoms with Gasteiger partial charge in [-0.05, 0) is 6.07 Å². The van der Waals surface area contributed by atoms with Crippen LogP contribution < -0.4 is 5.56 Å². The molecule has 3 aromatic rings. The number of hydrogen-bond acceptors (Lipinski definition) is 4. The van der Waals surface area contributed by atoms with E-state index < -0.39 is 0 Å². The number of halogens is 1. The van der Waals surface area contributed by atoms with Gasteiger partial charge in [-0.1, -0.05) is 45.9 Å². The Bertz CT molecular complexity index is 855. The predicted octanol–water partition coefficient (Wildman–Crippen LogP) is 3.65. The molecule has 0 amide bonds. The molecule has 0 spiro atoms. The summed E-state index contributed by atoms with van der Waals surface area (Å²) in [5.41, 5.74) is -0.0959. The van der Waals surface area contributed by atoms with Crippen LogP contribution in [-0.2, 0) is 0 Å². The second kappa shape index (κ2) is 4.33. The fourth-order valence-corrected chi connectivity index (χ4v) is 5.76. The van der Waals surface area contributed by atoms with Crippen molar-refractivity contribution in [1.82, 2.24) is 9.55 Å². The van der Waals surface area contributed by atoms with Crippen LogP contribution in [0.25, 0.3) is 20.3 Å². The summed E-state index contributed by atoms with van der Waals surface area (Å²) in [6.07, 6.45) is 0. The Morgan fingerprint density at radius 3 is 3.11 bits per heavy atom. The van der Waals surface area contributed by atoms with Crippen LogP contribution in [0.2, 0.25) is 0 Å². The zero-order chi connectivity index (χ0) is 13.0. The lowest BCUT2D eigenvalue weighted by molar-refractivity contribution is 0.598. The largest absolute Gasteiger partial charge is 0.307 e. The minimum atomic E-state index is -0.0959. The highest BCUT2D eigenvalue weighted by molar-refractivity contribution is 9.09. The van der Waals surface area contributed by atoms with Gasteiger partial charge >= 0.3 is 0 Å². The predicted molar refractivity (Wildman–Crippen MR) is 84.9 cm³/mol. The summed E-state index contributed by atoms with van der Waals surface area (Å²) in [6.45, 7) is 0. The van der Waals surface area contributed by atoms with Gasteiger partial charge in [-0.3, -0.25) is 4.79 Å². The third kappa shape index (κ3) is 1.63. The highest BCUT2D eigenvalue weighted by atomic mass is 79.9. The Morgan fingerprint density at radius 2 is 2.26 bits per heavy atom. The van der Waals surface area contributed by atoms with E-state index in [0.29, 0.717) is 6.04 Å². The summed E-state index contributed by atoms with van der Waals surface area (Å²) < 4.78 is 3.38. The number of rotatable bonds is 1. The Morgan fingerprint density at radius 1 is 1.42 bits per heavy atom. The Hall–Kier alpha value is -0.850. The Kier molecular flexibility index (Phi) is 2.72. The van der Waals surface area contributed by atoms with E-state index in [1.807, 2.05) is 18.2 Å². The van der Waals surface area contributed by atoms with Crippen LogP contribution in [0.3, 0.4) is 0 Å². The van der Waals surface area contributed by atoms with E-state index in [-0.39, 0.29) is 5.56 Å². The van der Waals surface area contributed by atoms with Crippen LogP contribution in [-0.4, -0.2) is 20.6 Å². The van der Waals surface area contributed by atoms with Crippen molar-refractivity contribution in [3.63, 3.8) is 0 Å². The normalized spacial score (nSPS) is 18.3. The monoisotopic (exact) mass is 352 g/mol. The maximum absolute atomic E-state index is 12.3. The fraction of sp³-hybridized carbons (Fsp3) is 0.231. The quantitative estimate of drug-likeness (QED) is 0.495. The van der Waals surface area contributed by atoms with Crippen molar-refractivity contribution >= 4 is 59.3 Å². The van der Waals surface area contributed by atoms with Crippen LogP contribution >= 0.6 is 39.0 Å². The molecule has 96 valence electrons. The third-order valence-corrected chi connectivity index (χ3v) is 6.38. The van der Waals surface area contributed by atoms with E-state index in [1.165, 1.54) is 0 Å². The lowest BCUT2D eigenvalue weighted by Crippen LogP contribution is -2.15. The summed E-state index contributed by atoms with van der Waals surface area (Å²) in [4.78, 5) is 17.6. The maximum Gasteiger partial charge on any atom is 0.283 e. The topological polar surface area (TPSA) is 34.9 Å². The van der Waals surface area contributed by atoms with Crippen molar-refractivity contribution in [1.29, 1.82) is 0 Å². The summed E-state index contributed by atoms with van der Waals surface area (Å²) >= 11 is 6.92. The molecule has 2 aromatic heterocycles. The van der Waals surface area contributed by atoms with Crippen LogP contribution in [0.15, 0.2) is 34.2 Å². The Balaban J connectivity index is 2.22. The minimum Gasteiger partial charge on any atom is -0.307 e. The second-order valence-electron chi connectivity index (χ2n) is 4.47. The van der Waals surface area contributed by atoms with Gasteiger partial charge in [-0.25, -0.2) is 0 Å². The van der Waals surface area contributed by atoms with Gasteiger partial charge in [0.05, 0.1) is 11.4 Å². The summed E-state index contributed by atoms with van der Waals surface area (Å²) in [5, 5.41) is 3.55. The number of benzene rings is 1. The second-order valence-corrected chi connectivity index (χ2v) is 7.13. The molecule has 1 aliphatic rings. The molecule has 0 N–H and O–H groups in total. The molecule has 19 heavy (non-hydrogen) atoms. The number of hydrogen-bond donors (Lipinski definition) is 0. The zero-order valence-electron chi connectivity index (χ0n) is 9.80. The molecule has 0 saturated heterocycles. The van der Waals surface area contributed by atoms with E-state index >= 15 is 0 Å². The fourth-order valence-electron chi connectivity index (χ4n) is 2.48. The first kappa shape index (κ1) is 11.9. The van der Waals surface area contributed by atoms with Gasteiger partial charge in [0.15, 0.2) is 5.16 Å². The van der Waals surface area contributed by atoms with Crippen molar-refractivity contribution in [2.75, 3.05) is 11.1 Å². The molecule has 0 saturated carbocycles. The molecule has 0 bridgehead atoms. The molecule has 0 aliphatic carbocycles. The van der Waals surface area contributed by atoms with Gasteiger partial charge in [-0.15, -0.1) is 11.3 Å². The van der Waals surface area contributed by atoms with Crippen LogP contribution in [0.4, 0.5) is 0 Å². The summed E-state index contributed by atoms with van der Waals surface area (Å²) in [5.74, 6) is 0.977. The van der Waals surface area contributed by atoms with Crippen molar-refractivity contribution in [3.05, 3.63) is 34.6 Å². The van der Waals surface area contributed by atoms with Gasteiger partial charge in [0.1, 0.15) is 4.83 Å². The van der Waals surface area contributed by atoms with Crippen molar-refractivity contribution in [2.45, 2.75) is 11.2 Å². The lowest BCUT2D eigenvalue weighted by atomic mass is 10.2. The molecule has 3 nitrogen and oxygen atoms in total. The average molecular weight is 353 g/mol. The van der Waals surface area contributed by atoms with Crippen LogP contribution in [0, 0.1) is 0 Å². The number of fused-ring (bicyclic) bond motifs is 5. The smallest absolute Gasteiger partial charge is 0.283 e. The lowest BCUT2D eigenvalue weighted by Gasteiger charge is -2.11. The van der Waals surface area contributed by atoms with Gasteiger partial charge in [0.25, 0.3) is 5.56 Å². The molecule has 0 radical (unpaired) electrons. The third-order valence-electron chi connectivity index (χ3n) is 3.36. The van der Waals surface area contributed by atoms with Crippen molar-refractivity contribution < 1.29 is 0 Å². The van der Waals surface area contributed by atoms with Crippen molar-refractivity contribution in [2.24, 2.45) is 0 Å². The first-order valence-corrected chi connectivity index (χ1v) is 8.84. The Labute approximate surface area is 125 Å². The highest BCUT2D eigenvalue weighted by Crippen LogP contribution is 2.39. The molecule has 1 aliphatic heterocycles. The standard InChI is InChI=1S/C13H9BrN2OS2/c14-5-7-6-18-13-15-11(17)10-8-3-1-2-4-9(8)19-12(10)16(7)13/h1-4,7H,5-6H2. The molecular formula is C13H9BrN2OS2. The van der Waals surface area contributed by atoms with E-state index in [9.17, 15) is 4.79 Å². The summed E-state index contributed by atoms with van der Waals surface area (Å²) in [7, 11) is 0. The molecule has 1 aromatic carbocycles. The van der Waals surface area contributed by atoms with E-state index in [0.717, 1.165) is 36.5 Å². The first-order chi connectivity index (χ1) is 9.29. The van der Waals surface area contributed by atoms with Gasteiger partial charge in [0, 0.05) is 21.2 Å². The zero-order valence-corrected chi connectivity index (χ0v) is 13.0. The number of thiophene rings is 1. The van der Waals surface area contributed by atoms with E-state index in [4.69, 9.17) is 0 Å². The van der Waals surface area contributed by atoms with Gasteiger partial charge in [0.2, 0.25) is 0 Å². The first-order valence-electron chi connectivity index (χ1n) is 5.92. The average Bonchev–Trinajstić information content (AvgIpc) is 2.98. The minimum absolute atomic E-state index is 0.0959. The van der Waals surface area contributed by atoms with Crippen LogP contribution in [0.1, 0.15) is 6.04 Å². The van der Waals surface area contributed by atoms with Crippen LogP contribution in [0.5, 0.6) is 0 Å². The SMILES string of the molecule is O=c1nc2n(c3sc4ccccc4c13)C(CBr)CS2. The van der Waals surface area contributed by atoms with Gasteiger partial charge in [-0.2, -0.15) is 4.98 Å². The molecular weight excluding hydrogens is 344 g/mol. The number of thioether (sulfide) groups is 1. The number of nitrogens with zero attached hydrogens (tertiary/aromatic N) is 2. The van der Waals surface area contributed by atoms with Crippen molar-refractivity contribution in [3.8, 4) is 0 Å². The molecule has 1 unspecified atom stereocenters. The number of aromatic nitrogens is 2.